The third-order valence-corrected chi connectivity index (χ3v) is 4.83. The summed E-state index contributed by atoms with van der Waals surface area (Å²) < 4.78 is 32.2. The van der Waals surface area contributed by atoms with Crippen LogP contribution in [0.1, 0.15) is 22.3 Å². The summed E-state index contributed by atoms with van der Waals surface area (Å²) in [7, 11) is -2.12. The van der Waals surface area contributed by atoms with E-state index in [2.05, 4.69) is 15.0 Å². The fraction of sp³-hybridized carbons (Fsp3) is 0.294. The molecule has 2 N–H and O–H groups in total. The van der Waals surface area contributed by atoms with E-state index in [1.807, 2.05) is 0 Å². The van der Waals surface area contributed by atoms with Gasteiger partial charge in [0, 0.05) is 44.8 Å². The molecule has 1 aromatic heterocycles. The summed E-state index contributed by atoms with van der Waals surface area (Å²) in [6.07, 6.45) is 3.88. The van der Waals surface area contributed by atoms with Gasteiger partial charge in [-0.05, 0) is 42.3 Å². The monoisotopic (exact) mass is 363 g/mol. The molecule has 134 valence electrons. The van der Waals surface area contributed by atoms with Crippen molar-refractivity contribution in [2.45, 2.75) is 17.9 Å². The molecule has 0 aliphatic carbocycles. The van der Waals surface area contributed by atoms with E-state index < -0.39 is 10.0 Å². The van der Waals surface area contributed by atoms with Gasteiger partial charge in [-0.2, -0.15) is 0 Å². The number of carbonyl (C=O) groups excluding carboxylic acids is 1. The molecule has 25 heavy (non-hydrogen) atoms. The molecule has 1 heterocycles. The van der Waals surface area contributed by atoms with Crippen molar-refractivity contribution in [2.24, 2.45) is 0 Å². The summed E-state index contributed by atoms with van der Waals surface area (Å²) in [6, 6.07) is 9.40. The lowest BCUT2D eigenvalue weighted by Crippen LogP contribution is -2.26. The molecule has 1 aromatic carbocycles. The van der Waals surface area contributed by atoms with Crippen LogP contribution in [0, 0.1) is 0 Å². The Morgan fingerprint density at radius 2 is 1.96 bits per heavy atom. The first kappa shape index (κ1) is 19.0. The van der Waals surface area contributed by atoms with Crippen LogP contribution in [0.4, 0.5) is 0 Å². The van der Waals surface area contributed by atoms with Crippen LogP contribution in [-0.2, 0) is 21.3 Å². The number of sulfonamides is 1. The first-order valence-corrected chi connectivity index (χ1v) is 9.27. The molecule has 7 nitrogen and oxygen atoms in total. The van der Waals surface area contributed by atoms with E-state index in [4.69, 9.17) is 4.74 Å². The van der Waals surface area contributed by atoms with Crippen molar-refractivity contribution in [3.63, 3.8) is 0 Å². The minimum Gasteiger partial charge on any atom is -0.385 e. The largest absolute Gasteiger partial charge is 0.385 e. The van der Waals surface area contributed by atoms with E-state index in [1.165, 1.54) is 12.1 Å². The molecule has 8 heteroatoms. The van der Waals surface area contributed by atoms with Crippen molar-refractivity contribution in [2.75, 3.05) is 20.3 Å². The Hall–Kier alpha value is -2.29. The molecular weight excluding hydrogens is 342 g/mol. The smallest absolute Gasteiger partial charge is 0.251 e. The maximum Gasteiger partial charge on any atom is 0.251 e. The average molecular weight is 363 g/mol. The summed E-state index contributed by atoms with van der Waals surface area (Å²) in [4.78, 5) is 16.0. The van der Waals surface area contributed by atoms with Crippen LogP contribution >= 0.6 is 0 Å². The van der Waals surface area contributed by atoms with Crippen molar-refractivity contribution in [1.29, 1.82) is 0 Å². The van der Waals surface area contributed by atoms with Gasteiger partial charge in [0.25, 0.3) is 5.91 Å². The summed E-state index contributed by atoms with van der Waals surface area (Å²) in [5.74, 6) is -0.317. The van der Waals surface area contributed by atoms with Crippen LogP contribution in [0.5, 0.6) is 0 Å². The van der Waals surface area contributed by atoms with Gasteiger partial charge in [0.15, 0.2) is 0 Å². The van der Waals surface area contributed by atoms with Crippen molar-refractivity contribution >= 4 is 15.9 Å². The highest BCUT2D eigenvalue weighted by atomic mass is 32.2. The van der Waals surface area contributed by atoms with Crippen LogP contribution in [0.3, 0.4) is 0 Å². The molecule has 0 aliphatic rings. The van der Waals surface area contributed by atoms with E-state index in [0.717, 1.165) is 5.56 Å². The van der Waals surface area contributed by atoms with Gasteiger partial charge < -0.3 is 10.1 Å². The first-order valence-electron chi connectivity index (χ1n) is 7.79. The van der Waals surface area contributed by atoms with E-state index in [0.29, 0.717) is 25.1 Å². The number of amides is 1. The molecule has 2 aromatic rings. The van der Waals surface area contributed by atoms with Gasteiger partial charge in [-0.25, -0.2) is 13.1 Å². The number of rotatable bonds is 9. The highest BCUT2D eigenvalue weighted by Crippen LogP contribution is 2.12. The number of hydrogen-bond acceptors (Lipinski definition) is 5. The predicted molar refractivity (Wildman–Crippen MR) is 93.5 cm³/mol. The maximum absolute atomic E-state index is 12.4. The minimum atomic E-state index is -3.71. The zero-order valence-electron chi connectivity index (χ0n) is 13.9. The topological polar surface area (TPSA) is 97.4 Å². The van der Waals surface area contributed by atoms with E-state index in [-0.39, 0.29) is 17.3 Å². The number of pyridine rings is 1. The molecule has 0 saturated heterocycles. The van der Waals surface area contributed by atoms with Crippen molar-refractivity contribution in [1.82, 2.24) is 15.0 Å². The summed E-state index contributed by atoms with van der Waals surface area (Å²) in [5.41, 5.74) is 1.09. The van der Waals surface area contributed by atoms with Crippen molar-refractivity contribution in [3.8, 4) is 0 Å². The van der Waals surface area contributed by atoms with Crippen LogP contribution < -0.4 is 10.0 Å². The third kappa shape index (κ3) is 5.93. The molecule has 0 unspecified atom stereocenters. The van der Waals surface area contributed by atoms with Gasteiger partial charge in [-0.15, -0.1) is 0 Å². The number of ether oxygens (including phenoxy) is 1. The maximum atomic E-state index is 12.4. The number of hydrogen-bond donors (Lipinski definition) is 2. The van der Waals surface area contributed by atoms with Gasteiger partial charge in [0.05, 0.1) is 4.90 Å². The summed E-state index contributed by atoms with van der Waals surface area (Å²) in [6.45, 7) is 1.16. The molecular formula is C17H21N3O4S. The Bertz CT molecular complexity index is 795. The molecule has 0 spiro atoms. The highest BCUT2D eigenvalue weighted by molar-refractivity contribution is 7.89. The van der Waals surface area contributed by atoms with Gasteiger partial charge in [-0.3, -0.25) is 9.78 Å². The van der Waals surface area contributed by atoms with E-state index >= 15 is 0 Å². The molecule has 0 saturated carbocycles. The van der Waals surface area contributed by atoms with Crippen LogP contribution in [0.15, 0.2) is 53.7 Å². The van der Waals surface area contributed by atoms with Gasteiger partial charge in [-0.1, -0.05) is 6.07 Å². The first-order chi connectivity index (χ1) is 12.0. The number of nitrogens with zero attached hydrogens (tertiary/aromatic N) is 1. The van der Waals surface area contributed by atoms with E-state index in [9.17, 15) is 13.2 Å². The van der Waals surface area contributed by atoms with Gasteiger partial charge in [0.2, 0.25) is 10.0 Å². The zero-order chi connectivity index (χ0) is 18.1. The average Bonchev–Trinajstić information content (AvgIpc) is 2.64. The number of nitrogens with one attached hydrogen (secondary N) is 2. The van der Waals surface area contributed by atoms with Crippen molar-refractivity contribution < 1.29 is 17.9 Å². The van der Waals surface area contributed by atoms with Crippen LogP contribution in [0.2, 0.25) is 0 Å². The molecule has 0 fully saturated rings. The number of methoxy groups -OCH3 is 1. The van der Waals surface area contributed by atoms with Crippen LogP contribution in [0.25, 0.3) is 0 Å². The molecule has 0 atom stereocenters. The molecule has 0 bridgehead atoms. The SMILES string of the molecule is COCCCNC(=O)c1cccc(S(=O)(=O)NCc2ccncc2)c1. The summed E-state index contributed by atoms with van der Waals surface area (Å²) in [5, 5.41) is 2.73. The summed E-state index contributed by atoms with van der Waals surface area (Å²) >= 11 is 0. The molecule has 0 aliphatic heterocycles. The standard InChI is InChI=1S/C17H21N3O4S/c1-24-11-3-8-19-17(21)15-4-2-5-16(12-15)25(22,23)20-13-14-6-9-18-10-7-14/h2,4-7,9-10,12,20H,3,8,11,13H2,1H3,(H,19,21). The fourth-order valence-corrected chi connectivity index (χ4v) is 3.15. The zero-order valence-corrected chi connectivity index (χ0v) is 14.8. The second-order valence-corrected chi connectivity index (χ2v) is 7.08. The second-order valence-electron chi connectivity index (χ2n) is 5.31. The van der Waals surface area contributed by atoms with Crippen LogP contribution in [-0.4, -0.2) is 39.6 Å². The Morgan fingerprint density at radius 1 is 1.20 bits per heavy atom. The Labute approximate surface area is 147 Å². The number of benzene rings is 1. The lowest BCUT2D eigenvalue weighted by atomic mass is 10.2. The molecule has 1 amide bonds. The molecule has 2 rings (SSSR count). The number of carbonyl (C=O) groups is 1. The predicted octanol–water partition coefficient (Wildman–Crippen LogP) is 1.33. The third-order valence-electron chi connectivity index (χ3n) is 3.43. The second kappa shape index (κ2) is 9.26. The lowest BCUT2D eigenvalue weighted by molar-refractivity contribution is 0.0948. The minimum absolute atomic E-state index is 0.0473. The lowest BCUT2D eigenvalue weighted by Gasteiger charge is -2.09. The Balaban J connectivity index is 2.02. The van der Waals surface area contributed by atoms with Gasteiger partial charge >= 0.3 is 0 Å². The highest BCUT2D eigenvalue weighted by Gasteiger charge is 2.16. The Morgan fingerprint density at radius 3 is 2.68 bits per heavy atom. The number of aromatic nitrogens is 1. The normalized spacial score (nSPS) is 11.2. The van der Waals surface area contributed by atoms with E-state index in [1.54, 1.807) is 43.8 Å². The fourth-order valence-electron chi connectivity index (χ4n) is 2.09. The Kier molecular flexibility index (Phi) is 7.05. The van der Waals surface area contributed by atoms with Gasteiger partial charge in [0.1, 0.15) is 0 Å². The quantitative estimate of drug-likeness (QED) is 0.655. The van der Waals surface area contributed by atoms with Crippen molar-refractivity contribution in [3.05, 3.63) is 59.9 Å². The molecule has 0 radical (unpaired) electrons.